The molecule has 2 heteroatoms. The molecular formula is C24H21NS. The van der Waals surface area contributed by atoms with Gasteiger partial charge in [0, 0.05) is 16.2 Å². The third-order valence-corrected chi connectivity index (χ3v) is 6.76. The van der Waals surface area contributed by atoms with Crippen LogP contribution in [-0.4, -0.2) is 0 Å². The number of anilines is 1. The van der Waals surface area contributed by atoms with Crippen LogP contribution in [0.3, 0.4) is 0 Å². The van der Waals surface area contributed by atoms with Crippen LogP contribution in [0.5, 0.6) is 0 Å². The molecule has 1 heterocycles. The summed E-state index contributed by atoms with van der Waals surface area (Å²) in [7, 11) is 0. The van der Waals surface area contributed by atoms with E-state index in [-0.39, 0.29) is 0 Å². The Kier molecular flexibility index (Phi) is 3.86. The van der Waals surface area contributed by atoms with Crippen molar-refractivity contribution in [1.29, 1.82) is 0 Å². The summed E-state index contributed by atoms with van der Waals surface area (Å²) in [5.74, 6) is 0. The van der Waals surface area contributed by atoms with Gasteiger partial charge in [0.2, 0.25) is 0 Å². The largest absolute Gasteiger partial charge is 0.354 e. The molecule has 1 unspecified atom stereocenters. The van der Waals surface area contributed by atoms with Gasteiger partial charge in [0.05, 0.1) is 10.9 Å². The maximum Gasteiger partial charge on any atom is 0.0577 e. The van der Waals surface area contributed by atoms with Crippen molar-refractivity contribution in [3.05, 3.63) is 101 Å². The number of hydrogen-bond donors (Lipinski definition) is 1. The van der Waals surface area contributed by atoms with Gasteiger partial charge in [-0.3, -0.25) is 0 Å². The number of benzene rings is 3. The molecule has 0 amide bonds. The van der Waals surface area contributed by atoms with Gasteiger partial charge in [0.25, 0.3) is 0 Å². The van der Waals surface area contributed by atoms with E-state index in [2.05, 4.69) is 85.0 Å². The second-order valence-electron chi connectivity index (χ2n) is 7.09. The lowest BCUT2D eigenvalue weighted by Gasteiger charge is -2.27. The van der Waals surface area contributed by atoms with E-state index < -0.39 is 0 Å². The third kappa shape index (κ3) is 2.65. The van der Waals surface area contributed by atoms with Crippen LogP contribution in [0.4, 0.5) is 5.69 Å². The average molecular weight is 356 g/mol. The third-order valence-electron chi connectivity index (χ3n) is 5.36. The Bertz CT molecular complexity index is 1000. The number of hydrogen-bond acceptors (Lipinski definition) is 2. The molecule has 0 spiro atoms. The molecule has 1 aliphatic heterocycles. The summed E-state index contributed by atoms with van der Waals surface area (Å²) in [4.78, 5) is 1.32. The average Bonchev–Trinajstić information content (AvgIpc) is 2.85. The van der Waals surface area contributed by atoms with Crippen molar-refractivity contribution < 1.29 is 0 Å². The molecule has 0 fully saturated rings. The van der Waals surface area contributed by atoms with Crippen molar-refractivity contribution in [1.82, 2.24) is 0 Å². The van der Waals surface area contributed by atoms with Crippen molar-refractivity contribution >= 4 is 23.1 Å². The van der Waals surface area contributed by atoms with Crippen LogP contribution in [-0.2, 0) is 6.42 Å². The molecule has 128 valence electrons. The van der Waals surface area contributed by atoms with Crippen molar-refractivity contribution in [2.75, 3.05) is 5.32 Å². The summed E-state index contributed by atoms with van der Waals surface area (Å²) in [6.45, 7) is 2.16. The van der Waals surface area contributed by atoms with Gasteiger partial charge < -0.3 is 5.32 Å². The van der Waals surface area contributed by atoms with Gasteiger partial charge in [0.15, 0.2) is 0 Å². The molecule has 1 aliphatic carbocycles. The summed E-state index contributed by atoms with van der Waals surface area (Å²) < 4.78 is 0. The van der Waals surface area contributed by atoms with Crippen LogP contribution in [0, 0.1) is 6.92 Å². The van der Waals surface area contributed by atoms with E-state index in [1.807, 2.05) is 11.8 Å². The normalized spacial score (nSPS) is 18.3. The molecule has 0 radical (unpaired) electrons. The first-order valence-electron chi connectivity index (χ1n) is 9.20. The second-order valence-corrected chi connectivity index (χ2v) is 8.23. The lowest BCUT2D eigenvalue weighted by molar-refractivity contribution is 0.871. The summed E-state index contributed by atoms with van der Waals surface area (Å²) in [5, 5.41) is 4.14. The van der Waals surface area contributed by atoms with Gasteiger partial charge in [0.1, 0.15) is 0 Å². The molecule has 2 aliphatic rings. The molecular weight excluding hydrogens is 334 g/mol. The number of thioether (sulfide) groups is 1. The van der Waals surface area contributed by atoms with E-state index in [0.29, 0.717) is 5.25 Å². The Morgan fingerprint density at radius 2 is 1.62 bits per heavy atom. The predicted molar refractivity (Wildman–Crippen MR) is 112 cm³/mol. The fraction of sp³-hybridized carbons (Fsp3) is 0.167. The van der Waals surface area contributed by atoms with Gasteiger partial charge >= 0.3 is 0 Å². The molecule has 0 saturated carbocycles. The van der Waals surface area contributed by atoms with Crippen molar-refractivity contribution in [3.63, 3.8) is 0 Å². The van der Waals surface area contributed by atoms with Gasteiger partial charge in [-0.1, -0.05) is 66.2 Å². The number of aryl methyl sites for hydroxylation is 2. The number of fused-ring (bicyclic) bond motifs is 3. The lowest BCUT2D eigenvalue weighted by Crippen LogP contribution is -2.13. The molecule has 0 bridgehead atoms. The van der Waals surface area contributed by atoms with Gasteiger partial charge in [-0.15, -0.1) is 11.8 Å². The molecule has 0 saturated heterocycles. The maximum absolute atomic E-state index is 3.79. The molecule has 1 atom stereocenters. The minimum atomic E-state index is 0.357. The summed E-state index contributed by atoms with van der Waals surface area (Å²) in [6.07, 6.45) is 2.23. The summed E-state index contributed by atoms with van der Waals surface area (Å²) >= 11 is 1.98. The predicted octanol–water partition coefficient (Wildman–Crippen LogP) is 6.61. The quantitative estimate of drug-likeness (QED) is 0.527. The minimum Gasteiger partial charge on any atom is -0.354 e. The standard InChI is InChI=1S/C24H21NS/c1-16-10-12-18(13-11-16)24-20-15-14-17-6-2-3-7-19(17)23(20)25-21-8-4-5-9-22(21)26-24/h2-13,24-25H,14-15H2,1H3. The van der Waals surface area contributed by atoms with Crippen LogP contribution in [0.25, 0.3) is 5.70 Å². The Balaban J connectivity index is 1.72. The Labute approximate surface area is 159 Å². The SMILES string of the molecule is Cc1ccc(C2Sc3ccccc3NC3=C2CCc2ccccc23)cc1. The van der Waals surface area contributed by atoms with Gasteiger partial charge in [-0.25, -0.2) is 0 Å². The molecule has 3 aromatic carbocycles. The van der Waals surface area contributed by atoms with Crippen LogP contribution < -0.4 is 5.32 Å². The fourth-order valence-electron chi connectivity index (χ4n) is 3.98. The monoisotopic (exact) mass is 355 g/mol. The summed E-state index contributed by atoms with van der Waals surface area (Å²) in [6, 6.07) is 26.6. The first kappa shape index (κ1) is 15.8. The Morgan fingerprint density at radius 1 is 0.846 bits per heavy atom. The van der Waals surface area contributed by atoms with E-state index >= 15 is 0 Å². The van der Waals surface area contributed by atoms with Gasteiger partial charge in [-0.2, -0.15) is 0 Å². The smallest absolute Gasteiger partial charge is 0.0577 e. The highest BCUT2D eigenvalue weighted by molar-refractivity contribution is 8.00. The van der Waals surface area contributed by atoms with Crippen LogP contribution in [0.1, 0.15) is 33.9 Å². The molecule has 3 aromatic rings. The zero-order valence-electron chi connectivity index (χ0n) is 14.8. The molecule has 5 rings (SSSR count). The lowest BCUT2D eigenvalue weighted by atomic mass is 9.86. The van der Waals surface area contributed by atoms with E-state index in [0.717, 1.165) is 12.8 Å². The zero-order chi connectivity index (χ0) is 17.5. The first-order chi connectivity index (χ1) is 12.8. The van der Waals surface area contributed by atoms with E-state index in [1.165, 1.54) is 44.1 Å². The van der Waals surface area contributed by atoms with E-state index in [4.69, 9.17) is 0 Å². The molecule has 1 N–H and O–H groups in total. The number of para-hydroxylation sites is 1. The zero-order valence-corrected chi connectivity index (χ0v) is 15.6. The summed E-state index contributed by atoms with van der Waals surface area (Å²) in [5.41, 5.74) is 9.58. The molecule has 26 heavy (non-hydrogen) atoms. The fourth-order valence-corrected chi connectivity index (χ4v) is 5.30. The van der Waals surface area contributed by atoms with E-state index in [1.54, 1.807) is 0 Å². The van der Waals surface area contributed by atoms with Crippen LogP contribution in [0.15, 0.2) is 83.3 Å². The topological polar surface area (TPSA) is 12.0 Å². The van der Waals surface area contributed by atoms with Crippen LogP contribution >= 0.6 is 11.8 Å². The molecule has 0 aromatic heterocycles. The highest BCUT2D eigenvalue weighted by atomic mass is 32.2. The number of nitrogens with one attached hydrogen (secondary N) is 1. The first-order valence-corrected chi connectivity index (χ1v) is 10.1. The van der Waals surface area contributed by atoms with Crippen LogP contribution in [0.2, 0.25) is 0 Å². The van der Waals surface area contributed by atoms with Crippen molar-refractivity contribution in [3.8, 4) is 0 Å². The second kappa shape index (κ2) is 6.37. The Hall–Kier alpha value is -2.45. The highest BCUT2D eigenvalue weighted by Crippen LogP contribution is 2.51. The van der Waals surface area contributed by atoms with E-state index in [9.17, 15) is 0 Å². The van der Waals surface area contributed by atoms with Crippen molar-refractivity contribution in [2.45, 2.75) is 29.9 Å². The Morgan fingerprint density at radius 3 is 2.50 bits per heavy atom. The molecule has 1 nitrogen and oxygen atoms in total. The number of rotatable bonds is 1. The van der Waals surface area contributed by atoms with Crippen molar-refractivity contribution in [2.24, 2.45) is 0 Å². The van der Waals surface area contributed by atoms with Gasteiger partial charge in [-0.05, 0) is 48.6 Å². The minimum absolute atomic E-state index is 0.357. The maximum atomic E-state index is 3.79. The highest BCUT2D eigenvalue weighted by Gasteiger charge is 2.30.